The van der Waals surface area contributed by atoms with E-state index in [4.69, 9.17) is 4.74 Å². The maximum Gasteiger partial charge on any atom is 0.338 e. The van der Waals surface area contributed by atoms with Crippen LogP contribution in [0, 0.1) is 0 Å². The van der Waals surface area contributed by atoms with Crippen LogP contribution in [0.4, 0.5) is 0 Å². The van der Waals surface area contributed by atoms with Gasteiger partial charge >= 0.3 is 5.97 Å². The van der Waals surface area contributed by atoms with Gasteiger partial charge in [-0.05, 0) is 24.3 Å². The van der Waals surface area contributed by atoms with Crippen LogP contribution < -0.4 is 5.56 Å². The number of fused-ring (bicyclic) bond motifs is 1. The standard InChI is InChI=1S/C16H14BrN3O3S/c1-9(2)14-19-20-13(21)7-12(18-16(20)24-14)8-23-15(22)10-3-5-11(17)6-4-10/h3-7,9H,8H2,1-2H3. The number of aromatic nitrogens is 3. The van der Waals surface area contributed by atoms with Gasteiger partial charge in [0, 0.05) is 16.5 Å². The maximum absolute atomic E-state index is 12.1. The molecule has 2 heterocycles. The Morgan fingerprint density at radius 2 is 2.04 bits per heavy atom. The van der Waals surface area contributed by atoms with Crippen LogP contribution in [0.5, 0.6) is 0 Å². The Hall–Kier alpha value is -2.06. The molecular weight excluding hydrogens is 394 g/mol. The zero-order chi connectivity index (χ0) is 17.3. The molecule has 3 aromatic rings. The van der Waals surface area contributed by atoms with Gasteiger partial charge in [0.2, 0.25) is 4.96 Å². The monoisotopic (exact) mass is 407 g/mol. The van der Waals surface area contributed by atoms with Crippen molar-refractivity contribution < 1.29 is 9.53 Å². The average molecular weight is 408 g/mol. The number of rotatable bonds is 4. The Morgan fingerprint density at radius 1 is 1.33 bits per heavy atom. The van der Waals surface area contributed by atoms with E-state index in [0.717, 1.165) is 9.48 Å². The van der Waals surface area contributed by atoms with E-state index >= 15 is 0 Å². The van der Waals surface area contributed by atoms with Crippen molar-refractivity contribution in [1.29, 1.82) is 0 Å². The van der Waals surface area contributed by atoms with E-state index < -0.39 is 5.97 Å². The highest BCUT2D eigenvalue weighted by atomic mass is 79.9. The maximum atomic E-state index is 12.1. The fraction of sp³-hybridized carbons (Fsp3) is 0.250. The zero-order valence-corrected chi connectivity index (χ0v) is 15.4. The van der Waals surface area contributed by atoms with Crippen LogP contribution in [-0.4, -0.2) is 20.6 Å². The molecule has 0 atom stereocenters. The van der Waals surface area contributed by atoms with Gasteiger partial charge in [-0.3, -0.25) is 4.79 Å². The lowest BCUT2D eigenvalue weighted by molar-refractivity contribution is 0.0467. The quantitative estimate of drug-likeness (QED) is 0.619. The number of halogens is 1. The second kappa shape index (κ2) is 6.82. The summed E-state index contributed by atoms with van der Waals surface area (Å²) in [4.78, 5) is 29.0. The molecule has 0 saturated carbocycles. The van der Waals surface area contributed by atoms with E-state index in [0.29, 0.717) is 16.2 Å². The number of nitrogens with zero attached hydrogens (tertiary/aromatic N) is 3. The molecule has 6 nitrogen and oxygen atoms in total. The summed E-state index contributed by atoms with van der Waals surface area (Å²) in [7, 11) is 0. The Balaban J connectivity index is 1.79. The molecule has 0 spiro atoms. The first kappa shape index (κ1) is 16.8. The van der Waals surface area contributed by atoms with Gasteiger partial charge in [0.1, 0.15) is 11.6 Å². The van der Waals surface area contributed by atoms with Gasteiger partial charge in [-0.15, -0.1) is 0 Å². The molecule has 0 saturated heterocycles. The zero-order valence-electron chi connectivity index (χ0n) is 13.0. The van der Waals surface area contributed by atoms with E-state index in [1.54, 1.807) is 24.3 Å². The van der Waals surface area contributed by atoms with Crippen molar-refractivity contribution in [2.75, 3.05) is 0 Å². The minimum absolute atomic E-state index is 0.0600. The third kappa shape index (κ3) is 3.54. The summed E-state index contributed by atoms with van der Waals surface area (Å²) in [5.74, 6) is -0.244. The van der Waals surface area contributed by atoms with Gasteiger partial charge in [-0.1, -0.05) is 41.1 Å². The van der Waals surface area contributed by atoms with Crippen LogP contribution in [0.15, 0.2) is 39.6 Å². The predicted molar refractivity (Wildman–Crippen MR) is 94.5 cm³/mol. The number of ether oxygens (including phenoxy) is 1. The van der Waals surface area contributed by atoms with Gasteiger partial charge in [0.15, 0.2) is 0 Å². The molecule has 0 aliphatic rings. The largest absolute Gasteiger partial charge is 0.456 e. The molecule has 124 valence electrons. The van der Waals surface area contributed by atoms with Crippen molar-refractivity contribution >= 4 is 38.2 Å². The van der Waals surface area contributed by atoms with Gasteiger partial charge in [-0.2, -0.15) is 9.61 Å². The summed E-state index contributed by atoms with van der Waals surface area (Å²) in [5.41, 5.74) is 0.568. The molecule has 3 rings (SSSR count). The fourth-order valence-corrected chi connectivity index (χ4v) is 3.18. The molecule has 0 bridgehead atoms. The summed E-state index contributed by atoms with van der Waals surface area (Å²) >= 11 is 4.67. The van der Waals surface area contributed by atoms with E-state index in [1.165, 1.54) is 21.9 Å². The minimum atomic E-state index is -0.461. The van der Waals surface area contributed by atoms with Crippen LogP contribution in [0.1, 0.15) is 40.8 Å². The van der Waals surface area contributed by atoms with Crippen LogP contribution >= 0.6 is 27.3 Å². The lowest BCUT2D eigenvalue weighted by Gasteiger charge is -2.04. The Kier molecular flexibility index (Phi) is 4.77. The topological polar surface area (TPSA) is 73.6 Å². The van der Waals surface area contributed by atoms with E-state index in [1.807, 2.05) is 13.8 Å². The van der Waals surface area contributed by atoms with Crippen molar-refractivity contribution in [2.45, 2.75) is 26.4 Å². The third-order valence-corrected chi connectivity index (χ3v) is 4.98. The molecule has 1 aromatic carbocycles. The predicted octanol–water partition coefficient (Wildman–Crippen LogP) is 3.39. The molecule has 0 radical (unpaired) electrons. The Morgan fingerprint density at radius 3 is 2.71 bits per heavy atom. The van der Waals surface area contributed by atoms with Gasteiger partial charge in [-0.25, -0.2) is 9.78 Å². The van der Waals surface area contributed by atoms with Crippen molar-refractivity contribution in [1.82, 2.24) is 14.6 Å². The molecule has 0 N–H and O–H groups in total. The summed E-state index contributed by atoms with van der Waals surface area (Å²) in [6, 6.07) is 8.19. The number of esters is 1. The number of hydrogen-bond donors (Lipinski definition) is 0. The highest BCUT2D eigenvalue weighted by Gasteiger charge is 2.13. The smallest absolute Gasteiger partial charge is 0.338 e. The van der Waals surface area contributed by atoms with Crippen molar-refractivity contribution in [3.8, 4) is 0 Å². The number of carbonyl (C=O) groups excluding carboxylic acids is 1. The second-order valence-electron chi connectivity index (χ2n) is 5.46. The highest BCUT2D eigenvalue weighted by molar-refractivity contribution is 9.10. The van der Waals surface area contributed by atoms with Crippen LogP contribution in [0.3, 0.4) is 0 Å². The molecular formula is C16H14BrN3O3S. The van der Waals surface area contributed by atoms with E-state index in [9.17, 15) is 9.59 Å². The molecule has 2 aromatic heterocycles. The minimum Gasteiger partial charge on any atom is -0.456 e. The van der Waals surface area contributed by atoms with Gasteiger partial charge < -0.3 is 4.74 Å². The first-order chi connectivity index (χ1) is 11.4. The molecule has 0 aliphatic carbocycles. The Labute approximate surface area is 150 Å². The number of benzene rings is 1. The third-order valence-electron chi connectivity index (χ3n) is 3.24. The molecule has 8 heteroatoms. The number of carbonyl (C=O) groups is 1. The van der Waals surface area contributed by atoms with Crippen LogP contribution in [0.2, 0.25) is 0 Å². The SMILES string of the molecule is CC(C)c1nn2c(=O)cc(COC(=O)c3ccc(Br)cc3)nc2s1. The summed E-state index contributed by atoms with van der Waals surface area (Å²) < 4.78 is 7.39. The first-order valence-corrected chi connectivity index (χ1v) is 8.87. The van der Waals surface area contributed by atoms with Crippen LogP contribution in [0.25, 0.3) is 4.96 Å². The highest BCUT2D eigenvalue weighted by Crippen LogP contribution is 2.20. The van der Waals surface area contributed by atoms with Crippen molar-refractivity contribution in [3.05, 3.63) is 61.4 Å². The van der Waals surface area contributed by atoms with Crippen molar-refractivity contribution in [2.24, 2.45) is 0 Å². The Bertz CT molecular complexity index is 947. The first-order valence-electron chi connectivity index (χ1n) is 7.26. The average Bonchev–Trinajstić information content (AvgIpc) is 2.98. The molecule has 0 unspecified atom stereocenters. The summed E-state index contributed by atoms with van der Waals surface area (Å²) in [5, 5.41) is 5.09. The summed E-state index contributed by atoms with van der Waals surface area (Å²) in [6.45, 7) is 3.95. The lowest BCUT2D eigenvalue weighted by atomic mass is 10.2. The fourth-order valence-electron chi connectivity index (χ4n) is 1.99. The lowest BCUT2D eigenvalue weighted by Crippen LogP contribution is -2.16. The second-order valence-corrected chi connectivity index (χ2v) is 7.36. The summed E-state index contributed by atoms with van der Waals surface area (Å²) in [6.07, 6.45) is 0. The molecule has 24 heavy (non-hydrogen) atoms. The number of hydrogen-bond acceptors (Lipinski definition) is 6. The van der Waals surface area contributed by atoms with Gasteiger partial charge in [0.25, 0.3) is 5.56 Å². The van der Waals surface area contributed by atoms with Gasteiger partial charge in [0.05, 0.1) is 11.3 Å². The van der Waals surface area contributed by atoms with E-state index in [2.05, 4.69) is 26.0 Å². The molecule has 0 fully saturated rings. The normalized spacial score (nSPS) is 11.2. The van der Waals surface area contributed by atoms with Crippen molar-refractivity contribution in [3.63, 3.8) is 0 Å². The molecule has 0 amide bonds. The van der Waals surface area contributed by atoms with Crippen LogP contribution in [-0.2, 0) is 11.3 Å². The molecule has 0 aliphatic heterocycles. The van der Waals surface area contributed by atoms with E-state index in [-0.39, 0.29) is 18.1 Å².